The molecule has 0 amide bonds. The van der Waals surface area contributed by atoms with Gasteiger partial charge in [0.25, 0.3) is 5.56 Å². The Labute approximate surface area is 141 Å². The molecular weight excluding hydrogens is 308 g/mol. The summed E-state index contributed by atoms with van der Waals surface area (Å²) in [5, 5.41) is 4.36. The maximum Gasteiger partial charge on any atom is 0.331 e. The van der Waals surface area contributed by atoms with E-state index >= 15 is 0 Å². The number of hydrogen-bond acceptors (Lipinski definition) is 5. The summed E-state index contributed by atoms with van der Waals surface area (Å²) in [6, 6.07) is 9.77. The lowest BCUT2D eigenvalue weighted by molar-refractivity contribution is -0.147. The molecule has 6 nitrogen and oxygen atoms in total. The first-order chi connectivity index (χ1) is 11.6. The second-order valence-electron chi connectivity index (χ2n) is 5.13. The van der Waals surface area contributed by atoms with Gasteiger partial charge in [0.1, 0.15) is 5.75 Å². The van der Waals surface area contributed by atoms with Crippen molar-refractivity contribution in [3.05, 3.63) is 46.8 Å². The minimum absolute atomic E-state index is 0.267. The first-order valence-corrected chi connectivity index (χ1v) is 8.10. The van der Waals surface area contributed by atoms with E-state index in [1.54, 1.807) is 13.0 Å². The minimum atomic E-state index is -0.722. The number of carbonyl (C=O) groups excluding carboxylic acids is 1. The molecule has 0 aliphatic heterocycles. The van der Waals surface area contributed by atoms with Gasteiger partial charge in [-0.3, -0.25) is 4.79 Å². The van der Waals surface area contributed by atoms with Crippen LogP contribution in [0.15, 0.2) is 41.2 Å². The van der Waals surface area contributed by atoms with E-state index < -0.39 is 12.0 Å². The molecule has 1 atom stereocenters. The highest BCUT2D eigenvalue weighted by atomic mass is 16.5. The van der Waals surface area contributed by atoms with E-state index in [2.05, 4.69) is 5.10 Å². The summed E-state index contributed by atoms with van der Waals surface area (Å²) in [4.78, 5) is 24.2. The number of hydrogen-bond donors (Lipinski definition) is 0. The molecule has 0 saturated heterocycles. The lowest BCUT2D eigenvalue weighted by Crippen LogP contribution is -2.32. The van der Waals surface area contributed by atoms with Crippen LogP contribution in [0.3, 0.4) is 0 Å². The SMILES string of the molecule is CCOC(=O)C(CC)n1nc(-c2ccc(OCC)cc2)ccc1=O. The monoisotopic (exact) mass is 330 g/mol. The summed E-state index contributed by atoms with van der Waals surface area (Å²) < 4.78 is 11.7. The van der Waals surface area contributed by atoms with E-state index in [1.807, 2.05) is 38.1 Å². The second-order valence-corrected chi connectivity index (χ2v) is 5.13. The molecule has 0 aliphatic carbocycles. The molecule has 1 unspecified atom stereocenters. The number of benzene rings is 1. The number of carbonyl (C=O) groups is 1. The Kier molecular flexibility index (Phi) is 6.12. The summed E-state index contributed by atoms with van der Waals surface area (Å²) in [5.41, 5.74) is 1.12. The smallest absolute Gasteiger partial charge is 0.331 e. The second kappa shape index (κ2) is 8.29. The first kappa shape index (κ1) is 17.7. The van der Waals surface area contributed by atoms with Gasteiger partial charge in [-0.25, -0.2) is 9.48 Å². The number of rotatable bonds is 7. The molecule has 1 aromatic carbocycles. The number of ether oxygens (including phenoxy) is 2. The number of aromatic nitrogens is 2. The molecule has 0 bridgehead atoms. The Hall–Kier alpha value is -2.63. The highest BCUT2D eigenvalue weighted by Gasteiger charge is 2.22. The fourth-order valence-corrected chi connectivity index (χ4v) is 2.37. The summed E-state index contributed by atoms with van der Waals surface area (Å²) >= 11 is 0. The zero-order valence-electron chi connectivity index (χ0n) is 14.2. The fourth-order valence-electron chi connectivity index (χ4n) is 2.37. The fraction of sp³-hybridized carbons (Fsp3) is 0.389. The third-order valence-corrected chi connectivity index (χ3v) is 3.53. The summed E-state index contributed by atoms with van der Waals surface area (Å²) in [5.74, 6) is 0.325. The highest BCUT2D eigenvalue weighted by Crippen LogP contribution is 2.21. The maximum atomic E-state index is 12.1. The van der Waals surface area contributed by atoms with Gasteiger partial charge in [-0.05, 0) is 50.6 Å². The molecule has 0 fully saturated rings. The van der Waals surface area contributed by atoms with Crippen molar-refractivity contribution in [3.8, 4) is 17.0 Å². The lowest BCUT2D eigenvalue weighted by atomic mass is 10.1. The Morgan fingerprint density at radius 3 is 2.38 bits per heavy atom. The van der Waals surface area contributed by atoms with Crippen LogP contribution in [0.25, 0.3) is 11.3 Å². The molecule has 0 aliphatic rings. The van der Waals surface area contributed by atoms with E-state index in [1.165, 1.54) is 10.7 Å². The van der Waals surface area contributed by atoms with Crippen LogP contribution in [0.5, 0.6) is 5.75 Å². The van der Waals surface area contributed by atoms with Gasteiger partial charge in [0.05, 0.1) is 18.9 Å². The Balaban J connectivity index is 2.37. The van der Waals surface area contributed by atoms with Gasteiger partial charge in [0.2, 0.25) is 0 Å². The van der Waals surface area contributed by atoms with Crippen molar-refractivity contribution < 1.29 is 14.3 Å². The van der Waals surface area contributed by atoms with Gasteiger partial charge >= 0.3 is 5.97 Å². The van der Waals surface area contributed by atoms with Gasteiger partial charge in [0.15, 0.2) is 6.04 Å². The van der Waals surface area contributed by atoms with Gasteiger partial charge in [-0.2, -0.15) is 5.10 Å². The average molecular weight is 330 g/mol. The molecule has 0 spiro atoms. The van der Waals surface area contributed by atoms with Crippen LogP contribution in [0, 0.1) is 0 Å². The van der Waals surface area contributed by atoms with E-state index in [-0.39, 0.29) is 12.2 Å². The summed E-state index contributed by atoms with van der Waals surface area (Å²) in [7, 11) is 0. The van der Waals surface area contributed by atoms with E-state index in [0.717, 1.165) is 11.3 Å². The predicted molar refractivity (Wildman–Crippen MR) is 91.1 cm³/mol. The van der Waals surface area contributed by atoms with Gasteiger partial charge in [-0.15, -0.1) is 0 Å². The highest BCUT2D eigenvalue weighted by molar-refractivity contribution is 5.74. The molecule has 0 saturated carbocycles. The minimum Gasteiger partial charge on any atom is -0.494 e. The van der Waals surface area contributed by atoms with Crippen LogP contribution in [0.2, 0.25) is 0 Å². The van der Waals surface area contributed by atoms with Crippen molar-refractivity contribution >= 4 is 5.97 Å². The summed E-state index contributed by atoms with van der Waals surface area (Å²) in [6.45, 7) is 6.34. The van der Waals surface area contributed by atoms with Gasteiger partial charge < -0.3 is 9.47 Å². The van der Waals surface area contributed by atoms with Crippen LogP contribution in [-0.2, 0) is 9.53 Å². The van der Waals surface area contributed by atoms with Crippen molar-refractivity contribution in [1.82, 2.24) is 9.78 Å². The molecule has 6 heteroatoms. The van der Waals surface area contributed by atoms with Crippen LogP contribution < -0.4 is 10.3 Å². The Morgan fingerprint density at radius 2 is 1.79 bits per heavy atom. The molecule has 1 heterocycles. The van der Waals surface area contributed by atoms with E-state index in [9.17, 15) is 9.59 Å². The third kappa shape index (κ3) is 4.01. The molecule has 128 valence electrons. The quantitative estimate of drug-likeness (QED) is 0.730. The Bertz CT molecular complexity index is 737. The van der Waals surface area contributed by atoms with Crippen LogP contribution in [0.4, 0.5) is 0 Å². The van der Waals surface area contributed by atoms with E-state index in [0.29, 0.717) is 18.7 Å². The third-order valence-electron chi connectivity index (χ3n) is 3.53. The van der Waals surface area contributed by atoms with Crippen molar-refractivity contribution in [2.24, 2.45) is 0 Å². The zero-order chi connectivity index (χ0) is 17.5. The van der Waals surface area contributed by atoms with Gasteiger partial charge in [-0.1, -0.05) is 6.92 Å². The largest absolute Gasteiger partial charge is 0.494 e. The predicted octanol–water partition coefficient (Wildman–Crippen LogP) is 2.82. The van der Waals surface area contributed by atoms with Gasteiger partial charge in [0, 0.05) is 11.6 Å². The zero-order valence-corrected chi connectivity index (χ0v) is 14.2. The molecule has 24 heavy (non-hydrogen) atoms. The van der Waals surface area contributed by atoms with E-state index in [4.69, 9.17) is 9.47 Å². The first-order valence-electron chi connectivity index (χ1n) is 8.10. The summed E-state index contributed by atoms with van der Waals surface area (Å²) in [6.07, 6.45) is 0.429. The number of esters is 1. The van der Waals surface area contributed by atoms with Crippen molar-refractivity contribution in [1.29, 1.82) is 0 Å². The van der Waals surface area contributed by atoms with Crippen molar-refractivity contribution in [2.45, 2.75) is 33.2 Å². The van der Waals surface area contributed by atoms with Crippen LogP contribution in [-0.4, -0.2) is 29.0 Å². The average Bonchev–Trinajstić information content (AvgIpc) is 2.58. The molecule has 0 N–H and O–H groups in total. The van der Waals surface area contributed by atoms with Crippen molar-refractivity contribution in [2.75, 3.05) is 13.2 Å². The molecule has 0 radical (unpaired) electrons. The van der Waals surface area contributed by atoms with Crippen molar-refractivity contribution in [3.63, 3.8) is 0 Å². The molecular formula is C18H22N2O4. The normalized spacial score (nSPS) is 11.8. The van der Waals surface area contributed by atoms with Crippen LogP contribution >= 0.6 is 0 Å². The molecule has 2 rings (SSSR count). The lowest BCUT2D eigenvalue weighted by Gasteiger charge is -2.16. The Morgan fingerprint density at radius 1 is 1.08 bits per heavy atom. The standard InChI is InChI=1S/C18H22N2O4/c1-4-16(18(22)24-6-3)20-17(21)12-11-15(19-20)13-7-9-14(10-8-13)23-5-2/h7-12,16H,4-6H2,1-3H3. The molecule has 2 aromatic rings. The number of nitrogens with zero attached hydrogens (tertiary/aromatic N) is 2. The molecule has 1 aromatic heterocycles. The maximum absolute atomic E-state index is 12.1. The van der Waals surface area contributed by atoms with Crippen LogP contribution in [0.1, 0.15) is 33.2 Å². The topological polar surface area (TPSA) is 70.4 Å².